The van der Waals surface area contributed by atoms with Crippen LogP contribution in [-0.2, 0) is 28.2 Å². The fourth-order valence-electron chi connectivity index (χ4n) is 3.90. The Balaban J connectivity index is 1.07. The lowest BCUT2D eigenvalue weighted by molar-refractivity contribution is -0.657. The zero-order valence-corrected chi connectivity index (χ0v) is 24.9. The normalized spacial score (nSPS) is 11.4. The molecule has 5 aromatic rings. The molecule has 0 saturated carbocycles. The Bertz CT molecular complexity index is 1560. The molecule has 4 N–H and O–H groups in total. The van der Waals surface area contributed by atoms with E-state index in [0.717, 1.165) is 34.6 Å². The maximum absolute atomic E-state index is 6.12. The average molecular weight is 602 g/mol. The van der Waals surface area contributed by atoms with E-state index in [-0.39, 0.29) is 5.28 Å². The first-order valence-electron chi connectivity index (χ1n) is 13.3. The van der Waals surface area contributed by atoms with Crippen molar-refractivity contribution < 1.29 is 9.13 Å². The van der Waals surface area contributed by atoms with Gasteiger partial charge in [-0.15, -0.1) is 0 Å². The van der Waals surface area contributed by atoms with Crippen LogP contribution >= 0.6 is 11.6 Å². The Labute approximate surface area is 253 Å². The Kier molecular flexibility index (Phi) is 9.11. The summed E-state index contributed by atoms with van der Waals surface area (Å²) in [5.74, 6) is 2.16. The van der Waals surface area contributed by atoms with Crippen LogP contribution in [0.15, 0.2) is 93.8 Å². The molecule has 0 bridgehead atoms. The Morgan fingerprint density at radius 3 is 1.42 bits per heavy atom. The van der Waals surface area contributed by atoms with Crippen LogP contribution in [0.25, 0.3) is 0 Å². The SMILES string of the molecule is Cn1cc[n+](C)c1/N=N/c1ccc(NCNc2nc(Cl)nc(NCNc3ccc(/N=N/c4n(C)cc[n+]4C)cc3)n2)cc1. The zero-order valence-electron chi connectivity index (χ0n) is 24.1. The van der Waals surface area contributed by atoms with E-state index >= 15 is 0 Å². The molecule has 0 spiro atoms. The summed E-state index contributed by atoms with van der Waals surface area (Å²) >= 11 is 6.12. The number of imidazole rings is 2. The molecule has 220 valence electrons. The van der Waals surface area contributed by atoms with Crippen LogP contribution in [0, 0.1) is 0 Å². The predicted octanol–water partition coefficient (Wildman–Crippen LogP) is 4.64. The van der Waals surface area contributed by atoms with Crippen molar-refractivity contribution in [2.24, 2.45) is 48.6 Å². The smallest absolute Gasteiger partial charge is 0.368 e. The second-order valence-corrected chi connectivity index (χ2v) is 9.78. The summed E-state index contributed by atoms with van der Waals surface area (Å²) in [7, 11) is 7.69. The lowest BCUT2D eigenvalue weighted by atomic mass is 10.3. The minimum Gasteiger partial charge on any atom is -0.368 e. The quantitative estimate of drug-likeness (QED) is 0.0922. The Hall–Kier alpha value is -5.44. The molecule has 0 amide bonds. The van der Waals surface area contributed by atoms with Crippen LogP contribution in [0.4, 0.5) is 46.5 Å². The molecule has 15 nitrogen and oxygen atoms in total. The molecule has 3 aromatic heterocycles. The van der Waals surface area contributed by atoms with Crippen LogP contribution in [0.1, 0.15) is 0 Å². The molecule has 0 aliphatic heterocycles. The first kappa shape index (κ1) is 29.1. The van der Waals surface area contributed by atoms with E-state index in [9.17, 15) is 0 Å². The van der Waals surface area contributed by atoms with Gasteiger partial charge in [0.1, 0.15) is 11.4 Å². The zero-order chi connectivity index (χ0) is 30.2. The van der Waals surface area contributed by atoms with Gasteiger partial charge < -0.3 is 21.3 Å². The summed E-state index contributed by atoms with van der Waals surface area (Å²) in [4.78, 5) is 12.7. The second-order valence-electron chi connectivity index (χ2n) is 9.45. The van der Waals surface area contributed by atoms with Crippen molar-refractivity contribution in [1.29, 1.82) is 0 Å². The van der Waals surface area contributed by atoms with Crippen molar-refractivity contribution in [2.45, 2.75) is 0 Å². The van der Waals surface area contributed by atoms with Gasteiger partial charge in [0.15, 0.2) is 0 Å². The van der Waals surface area contributed by atoms with Gasteiger partial charge in [-0.2, -0.15) is 15.0 Å². The van der Waals surface area contributed by atoms with Gasteiger partial charge in [-0.05, 0) is 60.1 Å². The third kappa shape index (κ3) is 7.85. The van der Waals surface area contributed by atoms with Crippen molar-refractivity contribution in [3.63, 3.8) is 0 Å². The minimum absolute atomic E-state index is 0.0719. The van der Waals surface area contributed by atoms with Gasteiger partial charge in [-0.1, -0.05) is 10.2 Å². The van der Waals surface area contributed by atoms with E-state index in [0.29, 0.717) is 25.2 Å². The monoisotopic (exact) mass is 601 g/mol. The first-order chi connectivity index (χ1) is 20.8. The van der Waals surface area contributed by atoms with Gasteiger partial charge in [-0.25, -0.2) is 18.3 Å². The van der Waals surface area contributed by atoms with Crippen LogP contribution in [-0.4, -0.2) is 37.4 Å². The lowest BCUT2D eigenvalue weighted by Gasteiger charge is -2.11. The summed E-state index contributed by atoms with van der Waals surface area (Å²) < 4.78 is 7.60. The molecule has 0 atom stereocenters. The number of hydrogen-bond donors (Lipinski definition) is 4. The molecule has 2 aromatic carbocycles. The highest BCUT2D eigenvalue weighted by atomic mass is 35.5. The molecule has 5 rings (SSSR count). The highest BCUT2D eigenvalue weighted by molar-refractivity contribution is 6.28. The highest BCUT2D eigenvalue weighted by Gasteiger charge is 2.11. The fraction of sp³-hybridized carbons (Fsp3) is 0.222. The van der Waals surface area contributed by atoms with E-state index in [4.69, 9.17) is 11.6 Å². The largest absolute Gasteiger partial charge is 0.421 e. The molecule has 3 heterocycles. The van der Waals surface area contributed by atoms with E-state index in [1.54, 1.807) is 0 Å². The van der Waals surface area contributed by atoms with E-state index in [2.05, 4.69) is 56.7 Å². The number of anilines is 4. The maximum atomic E-state index is 6.12. The molecule has 0 aliphatic rings. The van der Waals surface area contributed by atoms with Gasteiger partial charge in [0.25, 0.3) is 0 Å². The van der Waals surface area contributed by atoms with E-state index in [1.807, 2.05) is 120 Å². The molecule has 0 saturated heterocycles. The topological polar surface area (TPSA) is 154 Å². The number of nitrogens with zero attached hydrogens (tertiary/aromatic N) is 11. The predicted molar refractivity (Wildman–Crippen MR) is 163 cm³/mol. The molecular formula is C27H32ClN15+2. The van der Waals surface area contributed by atoms with E-state index in [1.165, 1.54) is 0 Å². The fourth-order valence-corrected chi connectivity index (χ4v) is 4.06. The van der Waals surface area contributed by atoms with Crippen molar-refractivity contribution in [3.8, 4) is 0 Å². The van der Waals surface area contributed by atoms with Crippen molar-refractivity contribution in [2.75, 3.05) is 34.6 Å². The number of aryl methyl sites for hydroxylation is 4. The number of hydrogen-bond acceptors (Lipinski definition) is 11. The highest BCUT2D eigenvalue weighted by Crippen LogP contribution is 2.20. The number of halogens is 1. The molecule has 0 radical (unpaired) electrons. The van der Waals surface area contributed by atoms with Crippen LogP contribution < -0.4 is 30.4 Å². The summed E-state index contributed by atoms with van der Waals surface area (Å²) in [6, 6.07) is 15.2. The van der Waals surface area contributed by atoms with Gasteiger partial charge in [0, 0.05) is 21.6 Å². The average Bonchev–Trinajstić information content (AvgIpc) is 3.50. The van der Waals surface area contributed by atoms with Crippen LogP contribution in [0.5, 0.6) is 0 Å². The summed E-state index contributed by atoms with van der Waals surface area (Å²) in [6.07, 6.45) is 7.69. The molecular weight excluding hydrogens is 570 g/mol. The molecule has 0 unspecified atom stereocenters. The first-order valence-corrected chi connectivity index (χ1v) is 13.6. The molecule has 0 fully saturated rings. The number of rotatable bonds is 12. The van der Waals surface area contributed by atoms with Gasteiger partial charge in [0.2, 0.25) is 17.2 Å². The third-order valence-electron chi connectivity index (χ3n) is 6.22. The van der Waals surface area contributed by atoms with Gasteiger partial charge in [0.05, 0.1) is 66.3 Å². The summed E-state index contributed by atoms with van der Waals surface area (Å²) in [5.41, 5.74) is 3.26. The Morgan fingerprint density at radius 2 is 1.05 bits per heavy atom. The molecule has 43 heavy (non-hydrogen) atoms. The van der Waals surface area contributed by atoms with Gasteiger partial charge in [-0.3, -0.25) is 0 Å². The van der Waals surface area contributed by atoms with Crippen LogP contribution in [0.3, 0.4) is 0 Å². The number of benzene rings is 2. The third-order valence-corrected chi connectivity index (χ3v) is 6.39. The minimum atomic E-state index is 0.0719. The number of nitrogens with one attached hydrogen (secondary N) is 4. The summed E-state index contributed by atoms with van der Waals surface area (Å²) in [6.45, 7) is 0.730. The van der Waals surface area contributed by atoms with Crippen LogP contribution in [0.2, 0.25) is 5.28 Å². The van der Waals surface area contributed by atoms with Gasteiger partial charge >= 0.3 is 11.9 Å². The Morgan fingerprint density at radius 1 is 0.628 bits per heavy atom. The molecule has 16 heteroatoms. The van der Waals surface area contributed by atoms with Crippen molar-refractivity contribution >= 4 is 58.1 Å². The standard InChI is InChI=1S/C27H30ClN15/c1-40-13-14-41(2)26(40)38-36-21-9-5-19(6-10-21)29-17-31-24-33-23(28)34-25(35-24)32-18-30-20-7-11-22(12-8-20)37-39-27-42(3)15-16-43(27)4/h5-16H,17-18H2,1-4H3,(H2,31,32,33,34,35)/p+2. The molecule has 0 aliphatic carbocycles. The second kappa shape index (κ2) is 13.5. The number of aromatic nitrogens is 7. The van der Waals surface area contributed by atoms with E-state index < -0.39 is 0 Å². The number of azo groups is 2. The lowest BCUT2D eigenvalue weighted by Crippen LogP contribution is -2.25. The van der Waals surface area contributed by atoms with Crippen molar-refractivity contribution in [1.82, 2.24) is 24.1 Å². The van der Waals surface area contributed by atoms with Crippen molar-refractivity contribution in [3.05, 3.63) is 78.6 Å². The summed E-state index contributed by atoms with van der Waals surface area (Å²) in [5, 5.41) is 30.0. The maximum Gasteiger partial charge on any atom is 0.421 e.